The highest BCUT2D eigenvalue weighted by atomic mass is 16.6. The molecular formula is C19H19N3O3. The molecule has 4 rings (SSSR count). The predicted molar refractivity (Wildman–Crippen MR) is 93.7 cm³/mol. The zero-order valence-corrected chi connectivity index (χ0v) is 13.7. The third kappa shape index (κ3) is 3.28. The Kier molecular flexibility index (Phi) is 4.24. The van der Waals surface area contributed by atoms with Crippen molar-refractivity contribution in [3.63, 3.8) is 0 Å². The molecule has 1 aliphatic rings. The molecule has 1 amide bonds. The fourth-order valence-electron chi connectivity index (χ4n) is 2.92. The summed E-state index contributed by atoms with van der Waals surface area (Å²) in [5.74, 6) is 1.14. The molecule has 128 valence electrons. The number of rotatable bonds is 5. The van der Waals surface area contributed by atoms with Gasteiger partial charge < -0.3 is 19.4 Å². The summed E-state index contributed by atoms with van der Waals surface area (Å²) in [4.78, 5) is 16.6. The van der Waals surface area contributed by atoms with Crippen molar-refractivity contribution >= 4 is 16.9 Å². The Morgan fingerprint density at radius 2 is 2.08 bits per heavy atom. The highest BCUT2D eigenvalue weighted by Crippen LogP contribution is 2.30. The van der Waals surface area contributed by atoms with E-state index in [0.29, 0.717) is 18.0 Å². The van der Waals surface area contributed by atoms with Crippen molar-refractivity contribution < 1.29 is 14.3 Å². The summed E-state index contributed by atoms with van der Waals surface area (Å²) in [6.07, 6.45) is 4.02. The van der Waals surface area contributed by atoms with E-state index in [-0.39, 0.29) is 12.5 Å². The molecule has 0 saturated heterocycles. The van der Waals surface area contributed by atoms with Gasteiger partial charge in [0, 0.05) is 30.9 Å². The minimum Gasteiger partial charge on any atom is -0.485 e. The monoisotopic (exact) mass is 337 g/mol. The summed E-state index contributed by atoms with van der Waals surface area (Å²) in [7, 11) is 0. The third-order valence-electron chi connectivity index (χ3n) is 4.20. The minimum absolute atomic E-state index is 0.148. The van der Waals surface area contributed by atoms with Gasteiger partial charge in [-0.15, -0.1) is 0 Å². The highest BCUT2D eigenvalue weighted by Gasteiger charge is 2.26. The summed E-state index contributed by atoms with van der Waals surface area (Å²) in [5, 5.41) is 4.04. The van der Waals surface area contributed by atoms with E-state index < -0.39 is 6.10 Å². The van der Waals surface area contributed by atoms with E-state index in [1.807, 2.05) is 42.6 Å². The molecule has 6 nitrogen and oxygen atoms in total. The Morgan fingerprint density at radius 1 is 1.20 bits per heavy atom. The average Bonchev–Trinajstić information content (AvgIpc) is 3.08. The molecule has 1 N–H and O–H groups in total. The molecule has 6 heteroatoms. The molecule has 0 radical (unpaired) electrons. The van der Waals surface area contributed by atoms with Crippen LogP contribution >= 0.6 is 0 Å². The quantitative estimate of drug-likeness (QED) is 0.726. The Hall–Kier alpha value is -3.02. The summed E-state index contributed by atoms with van der Waals surface area (Å²) >= 11 is 0. The van der Waals surface area contributed by atoms with Gasteiger partial charge in [-0.1, -0.05) is 12.1 Å². The van der Waals surface area contributed by atoms with Crippen LogP contribution in [0, 0.1) is 0 Å². The van der Waals surface area contributed by atoms with Crippen LogP contribution in [-0.2, 0) is 11.3 Å². The van der Waals surface area contributed by atoms with Crippen molar-refractivity contribution in [2.75, 3.05) is 13.2 Å². The number of aromatic nitrogens is 2. The van der Waals surface area contributed by atoms with Gasteiger partial charge in [-0.2, -0.15) is 0 Å². The topological polar surface area (TPSA) is 65.4 Å². The minimum atomic E-state index is -0.607. The number of fused-ring (bicyclic) bond motifs is 2. The molecular weight excluding hydrogens is 318 g/mol. The lowest BCUT2D eigenvalue weighted by atomic mass is 10.2. The van der Waals surface area contributed by atoms with Crippen molar-refractivity contribution in [2.45, 2.75) is 19.1 Å². The van der Waals surface area contributed by atoms with Crippen LogP contribution in [0.3, 0.4) is 0 Å². The first kappa shape index (κ1) is 15.5. The highest BCUT2D eigenvalue weighted by molar-refractivity contribution is 5.81. The van der Waals surface area contributed by atoms with Gasteiger partial charge in [0.2, 0.25) is 6.10 Å². The molecule has 25 heavy (non-hydrogen) atoms. The maximum absolute atomic E-state index is 12.2. The molecule has 3 heterocycles. The van der Waals surface area contributed by atoms with Gasteiger partial charge in [-0.3, -0.25) is 4.79 Å². The summed E-state index contributed by atoms with van der Waals surface area (Å²) < 4.78 is 13.4. The van der Waals surface area contributed by atoms with Crippen LogP contribution < -0.4 is 14.8 Å². The fraction of sp³-hybridized carbons (Fsp3) is 0.263. The number of hydrogen-bond acceptors (Lipinski definition) is 4. The van der Waals surface area contributed by atoms with Gasteiger partial charge in [-0.25, -0.2) is 4.98 Å². The Balaban J connectivity index is 1.27. The normalized spacial score (nSPS) is 15.9. The molecule has 0 saturated carbocycles. The number of nitrogens with zero attached hydrogens (tertiary/aromatic N) is 2. The number of carbonyl (C=O) groups excluding carboxylic acids is 1. The van der Waals surface area contributed by atoms with Crippen LogP contribution in [0.1, 0.15) is 6.42 Å². The predicted octanol–water partition coefficient (Wildman–Crippen LogP) is 2.38. The van der Waals surface area contributed by atoms with Crippen LogP contribution in [0.2, 0.25) is 0 Å². The number of para-hydroxylation sites is 2. The van der Waals surface area contributed by atoms with Gasteiger partial charge in [0.25, 0.3) is 5.91 Å². The van der Waals surface area contributed by atoms with Gasteiger partial charge in [0.1, 0.15) is 12.3 Å². The van der Waals surface area contributed by atoms with Crippen LogP contribution in [-0.4, -0.2) is 34.7 Å². The standard InChI is InChI=1S/C19H19N3O3/c23-19(17-13-24-15-6-1-2-7-16(15)25-17)21-10-4-11-22-12-8-14-5-3-9-20-18(14)22/h1-3,5-9,12,17H,4,10-11,13H2,(H,21,23). The Morgan fingerprint density at radius 3 is 3.00 bits per heavy atom. The van der Waals surface area contributed by atoms with E-state index in [9.17, 15) is 4.79 Å². The summed E-state index contributed by atoms with van der Waals surface area (Å²) in [6.45, 7) is 1.60. The number of carbonyl (C=O) groups is 1. The molecule has 1 aromatic carbocycles. The Bertz CT molecular complexity index is 890. The number of amides is 1. The van der Waals surface area contributed by atoms with Crippen molar-refractivity contribution in [3.8, 4) is 11.5 Å². The number of aryl methyl sites for hydroxylation is 1. The first-order valence-corrected chi connectivity index (χ1v) is 8.37. The molecule has 1 atom stereocenters. The van der Waals surface area contributed by atoms with Crippen molar-refractivity contribution in [1.29, 1.82) is 0 Å². The molecule has 1 aliphatic heterocycles. The maximum atomic E-state index is 12.2. The van der Waals surface area contributed by atoms with Crippen molar-refractivity contribution in [2.24, 2.45) is 0 Å². The lowest BCUT2D eigenvalue weighted by Crippen LogP contribution is -2.44. The van der Waals surface area contributed by atoms with Gasteiger partial charge in [0.05, 0.1) is 0 Å². The van der Waals surface area contributed by atoms with E-state index >= 15 is 0 Å². The summed E-state index contributed by atoms with van der Waals surface area (Å²) in [5.41, 5.74) is 0.967. The first-order chi connectivity index (χ1) is 12.3. The SMILES string of the molecule is O=C(NCCCn1ccc2cccnc21)C1COc2ccccc2O1. The van der Waals surface area contributed by atoms with Crippen LogP contribution in [0.25, 0.3) is 11.0 Å². The van der Waals surface area contributed by atoms with E-state index in [1.165, 1.54) is 0 Å². The summed E-state index contributed by atoms with van der Waals surface area (Å²) in [6, 6.07) is 13.4. The largest absolute Gasteiger partial charge is 0.485 e. The average molecular weight is 337 g/mol. The number of nitrogens with one attached hydrogen (secondary N) is 1. The Labute approximate surface area is 145 Å². The fourth-order valence-corrected chi connectivity index (χ4v) is 2.92. The van der Waals surface area contributed by atoms with Gasteiger partial charge in [-0.05, 0) is 36.8 Å². The number of benzene rings is 1. The zero-order valence-electron chi connectivity index (χ0n) is 13.7. The molecule has 1 unspecified atom stereocenters. The number of ether oxygens (including phenoxy) is 2. The molecule has 2 aromatic heterocycles. The number of pyridine rings is 1. The maximum Gasteiger partial charge on any atom is 0.264 e. The lowest BCUT2D eigenvalue weighted by molar-refractivity contribution is -0.130. The van der Waals surface area contributed by atoms with Gasteiger partial charge >= 0.3 is 0 Å². The zero-order chi connectivity index (χ0) is 17.1. The van der Waals surface area contributed by atoms with Crippen LogP contribution in [0.4, 0.5) is 0 Å². The molecule has 3 aromatic rings. The van der Waals surface area contributed by atoms with Gasteiger partial charge in [0.15, 0.2) is 11.5 Å². The van der Waals surface area contributed by atoms with E-state index in [0.717, 1.165) is 24.0 Å². The lowest BCUT2D eigenvalue weighted by Gasteiger charge is -2.25. The molecule has 0 spiro atoms. The van der Waals surface area contributed by atoms with E-state index in [2.05, 4.69) is 14.9 Å². The second-order valence-corrected chi connectivity index (χ2v) is 5.93. The van der Waals surface area contributed by atoms with Crippen molar-refractivity contribution in [3.05, 3.63) is 54.9 Å². The second kappa shape index (κ2) is 6.84. The van der Waals surface area contributed by atoms with Crippen molar-refractivity contribution in [1.82, 2.24) is 14.9 Å². The molecule has 0 bridgehead atoms. The smallest absolute Gasteiger partial charge is 0.264 e. The number of hydrogen-bond donors (Lipinski definition) is 1. The van der Waals surface area contributed by atoms with Crippen LogP contribution in [0.15, 0.2) is 54.9 Å². The third-order valence-corrected chi connectivity index (χ3v) is 4.20. The first-order valence-electron chi connectivity index (χ1n) is 8.37. The molecule has 0 fully saturated rings. The second-order valence-electron chi connectivity index (χ2n) is 5.93. The van der Waals surface area contributed by atoms with Crippen LogP contribution in [0.5, 0.6) is 11.5 Å². The van der Waals surface area contributed by atoms with E-state index in [1.54, 1.807) is 12.3 Å². The van der Waals surface area contributed by atoms with E-state index in [4.69, 9.17) is 9.47 Å². The molecule has 0 aliphatic carbocycles.